The predicted molar refractivity (Wildman–Crippen MR) is 76.6 cm³/mol. The van der Waals surface area contributed by atoms with Crippen molar-refractivity contribution in [2.75, 3.05) is 12.4 Å². The first-order valence-corrected chi connectivity index (χ1v) is 6.14. The number of hydrogen-bond donors (Lipinski definition) is 2. The molecule has 2 aromatic heterocycles. The van der Waals surface area contributed by atoms with Gasteiger partial charge in [0.05, 0.1) is 18.1 Å². The fourth-order valence-electron chi connectivity index (χ4n) is 1.98. The van der Waals surface area contributed by atoms with Crippen molar-refractivity contribution in [2.45, 2.75) is 0 Å². The van der Waals surface area contributed by atoms with Crippen LogP contribution in [0.5, 0.6) is 5.88 Å². The Hall–Kier alpha value is -3.09. The van der Waals surface area contributed by atoms with Crippen molar-refractivity contribution in [3.63, 3.8) is 0 Å². The van der Waals surface area contributed by atoms with Gasteiger partial charge in [-0.05, 0) is 35.5 Å². The fourth-order valence-corrected chi connectivity index (χ4v) is 1.98. The molecule has 0 saturated heterocycles. The number of nitrogens with zero attached hydrogens (tertiary/aromatic N) is 2. The summed E-state index contributed by atoms with van der Waals surface area (Å²) in [6.45, 7) is 0. The third kappa shape index (κ3) is 2.36. The van der Waals surface area contributed by atoms with Crippen molar-refractivity contribution in [2.24, 2.45) is 5.73 Å². The summed E-state index contributed by atoms with van der Waals surface area (Å²) < 4.78 is 10.2. The average molecular weight is 284 g/mol. The zero-order valence-corrected chi connectivity index (χ0v) is 11.2. The third-order valence-corrected chi connectivity index (χ3v) is 2.97. The Morgan fingerprint density at radius 1 is 1.38 bits per heavy atom. The highest BCUT2D eigenvalue weighted by Gasteiger charge is 2.12. The van der Waals surface area contributed by atoms with Crippen molar-refractivity contribution in [3.8, 4) is 5.88 Å². The molecule has 0 bridgehead atoms. The second-order valence-corrected chi connectivity index (χ2v) is 4.29. The highest BCUT2D eigenvalue weighted by molar-refractivity contribution is 5.98. The number of rotatable bonds is 4. The summed E-state index contributed by atoms with van der Waals surface area (Å²) in [7, 11) is 1.52. The van der Waals surface area contributed by atoms with Gasteiger partial charge in [-0.25, -0.2) is 4.98 Å². The van der Waals surface area contributed by atoms with Gasteiger partial charge in [-0.1, -0.05) is 0 Å². The summed E-state index contributed by atoms with van der Waals surface area (Å²) >= 11 is 0. The van der Waals surface area contributed by atoms with E-state index in [9.17, 15) is 4.79 Å². The van der Waals surface area contributed by atoms with Gasteiger partial charge in [0.25, 0.3) is 11.8 Å². The summed E-state index contributed by atoms with van der Waals surface area (Å²) in [6, 6.07) is 8.59. The molecule has 0 aliphatic heterocycles. The summed E-state index contributed by atoms with van der Waals surface area (Å²) in [5, 5.41) is 7.56. The Morgan fingerprint density at radius 2 is 2.24 bits per heavy atom. The third-order valence-electron chi connectivity index (χ3n) is 2.97. The van der Waals surface area contributed by atoms with E-state index in [1.54, 1.807) is 36.5 Å². The number of nitrogens with two attached hydrogens (primary N) is 1. The first-order chi connectivity index (χ1) is 10.2. The van der Waals surface area contributed by atoms with Gasteiger partial charge in [0.2, 0.25) is 0 Å². The number of methoxy groups -OCH3 is 1. The molecule has 0 atom stereocenters. The SMILES string of the molecule is COc1noc2ccc(Nc3ncccc3C(N)=O)cc12. The van der Waals surface area contributed by atoms with Crippen LogP contribution in [0.1, 0.15) is 10.4 Å². The summed E-state index contributed by atoms with van der Waals surface area (Å²) in [6.07, 6.45) is 1.58. The number of fused-ring (bicyclic) bond motifs is 1. The van der Waals surface area contributed by atoms with E-state index in [1.165, 1.54) is 7.11 Å². The number of nitrogens with one attached hydrogen (secondary N) is 1. The van der Waals surface area contributed by atoms with E-state index in [4.69, 9.17) is 15.0 Å². The van der Waals surface area contributed by atoms with Crippen molar-refractivity contribution in [1.82, 2.24) is 10.1 Å². The first kappa shape index (κ1) is 12.9. The zero-order valence-electron chi connectivity index (χ0n) is 11.2. The molecule has 0 radical (unpaired) electrons. The minimum Gasteiger partial charge on any atom is -0.478 e. The number of anilines is 2. The van der Waals surface area contributed by atoms with E-state index in [0.29, 0.717) is 28.5 Å². The maximum absolute atomic E-state index is 11.4. The first-order valence-electron chi connectivity index (χ1n) is 6.14. The number of carbonyl (C=O) groups is 1. The lowest BCUT2D eigenvalue weighted by Crippen LogP contribution is -2.14. The summed E-state index contributed by atoms with van der Waals surface area (Å²) in [4.78, 5) is 15.5. The van der Waals surface area contributed by atoms with Gasteiger partial charge < -0.3 is 20.3 Å². The van der Waals surface area contributed by atoms with E-state index in [1.807, 2.05) is 0 Å². The highest BCUT2D eigenvalue weighted by atomic mass is 16.5. The van der Waals surface area contributed by atoms with Gasteiger partial charge >= 0.3 is 0 Å². The number of hydrogen-bond acceptors (Lipinski definition) is 6. The maximum Gasteiger partial charge on any atom is 0.261 e. The van der Waals surface area contributed by atoms with E-state index < -0.39 is 5.91 Å². The molecule has 0 saturated carbocycles. The standard InChI is InChI=1S/C14H12N4O3/c1-20-14-10-7-8(4-5-11(10)21-18-14)17-13-9(12(15)19)3-2-6-16-13/h2-7H,1H3,(H2,15,19)(H,16,17). The van der Waals surface area contributed by atoms with Crippen LogP contribution in [0.3, 0.4) is 0 Å². The van der Waals surface area contributed by atoms with E-state index in [2.05, 4.69) is 15.5 Å². The number of aromatic nitrogens is 2. The Morgan fingerprint density at radius 3 is 3.00 bits per heavy atom. The lowest BCUT2D eigenvalue weighted by atomic mass is 10.2. The second-order valence-electron chi connectivity index (χ2n) is 4.29. The number of primary amides is 1. The molecule has 0 spiro atoms. The van der Waals surface area contributed by atoms with Crippen molar-refractivity contribution in [1.29, 1.82) is 0 Å². The molecule has 0 unspecified atom stereocenters. The van der Waals surface area contributed by atoms with Crippen molar-refractivity contribution in [3.05, 3.63) is 42.1 Å². The van der Waals surface area contributed by atoms with Crippen molar-refractivity contribution >= 4 is 28.4 Å². The number of ether oxygens (including phenoxy) is 1. The van der Waals surface area contributed by atoms with Gasteiger partial charge in [-0.3, -0.25) is 4.79 Å². The molecule has 21 heavy (non-hydrogen) atoms. The smallest absolute Gasteiger partial charge is 0.261 e. The van der Waals surface area contributed by atoms with Crippen LogP contribution in [0.15, 0.2) is 41.1 Å². The van der Waals surface area contributed by atoms with Gasteiger partial charge in [0.15, 0.2) is 5.58 Å². The minimum absolute atomic E-state index is 0.315. The normalized spacial score (nSPS) is 10.5. The van der Waals surface area contributed by atoms with Crippen molar-refractivity contribution < 1.29 is 14.1 Å². The van der Waals surface area contributed by atoms with Crippen LogP contribution in [0, 0.1) is 0 Å². The molecular formula is C14H12N4O3. The topological polar surface area (TPSA) is 103 Å². The quantitative estimate of drug-likeness (QED) is 0.760. The predicted octanol–water partition coefficient (Wildman–Crippen LogP) is 2.07. The van der Waals surface area contributed by atoms with Crippen LogP contribution < -0.4 is 15.8 Å². The lowest BCUT2D eigenvalue weighted by Gasteiger charge is -2.08. The van der Waals surface area contributed by atoms with Gasteiger partial charge in [0, 0.05) is 11.9 Å². The summed E-state index contributed by atoms with van der Waals surface area (Å²) in [5.74, 6) is 0.235. The van der Waals surface area contributed by atoms with Crippen LogP contribution in [0.4, 0.5) is 11.5 Å². The van der Waals surface area contributed by atoms with Gasteiger partial charge in [0.1, 0.15) is 5.82 Å². The monoisotopic (exact) mass is 284 g/mol. The number of carbonyl (C=O) groups excluding carboxylic acids is 1. The van der Waals surface area contributed by atoms with Crippen LogP contribution in [0.2, 0.25) is 0 Å². The Labute approximate surface area is 119 Å². The molecular weight excluding hydrogens is 272 g/mol. The molecule has 3 aromatic rings. The largest absolute Gasteiger partial charge is 0.478 e. The molecule has 2 heterocycles. The van der Waals surface area contributed by atoms with E-state index in [0.717, 1.165) is 5.39 Å². The second kappa shape index (κ2) is 5.12. The molecule has 0 aliphatic rings. The molecule has 1 aromatic carbocycles. The lowest BCUT2D eigenvalue weighted by molar-refractivity contribution is 0.100. The Bertz CT molecular complexity index is 813. The molecule has 3 rings (SSSR count). The minimum atomic E-state index is -0.547. The van der Waals surface area contributed by atoms with E-state index in [-0.39, 0.29) is 0 Å². The molecule has 7 heteroatoms. The van der Waals surface area contributed by atoms with Gasteiger partial charge in [-0.15, -0.1) is 0 Å². The fraction of sp³-hybridized carbons (Fsp3) is 0.0714. The molecule has 0 fully saturated rings. The highest BCUT2D eigenvalue weighted by Crippen LogP contribution is 2.28. The number of benzene rings is 1. The van der Waals surface area contributed by atoms with Crippen LogP contribution in [-0.4, -0.2) is 23.2 Å². The van der Waals surface area contributed by atoms with Gasteiger partial charge in [-0.2, -0.15) is 0 Å². The number of amides is 1. The molecule has 3 N–H and O–H groups in total. The average Bonchev–Trinajstić information content (AvgIpc) is 2.90. The Balaban J connectivity index is 2.00. The van der Waals surface area contributed by atoms with E-state index >= 15 is 0 Å². The van der Waals surface area contributed by atoms with Crippen LogP contribution in [-0.2, 0) is 0 Å². The van der Waals surface area contributed by atoms with Crippen LogP contribution in [0.25, 0.3) is 11.0 Å². The molecule has 7 nitrogen and oxygen atoms in total. The maximum atomic E-state index is 11.4. The zero-order chi connectivity index (χ0) is 14.8. The Kier molecular flexibility index (Phi) is 3.15. The number of pyridine rings is 1. The van der Waals surface area contributed by atoms with Crippen LogP contribution >= 0.6 is 0 Å². The molecule has 106 valence electrons. The molecule has 1 amide bonds. The summed E-state index contributed by atoms with van der Waals surface area (Å²) in [5.41, 5.74) is 6.96. The molecule has 0 aliphatic carbocycles.